The summed E-state index contributed by atoms with van der Waals surface area (Å²) in [5.74, 6) is 0. The van der Waals surface area contributed by atoms with Gasteiger partial charge in [0.05, 0.1) is 0 Å². The molecule has 0 spiro atoms. The molecule has 0 fully saturated rings. The molecule has 10 rings (SSSR count). The van der Waals surface area contributed by atoms with Crippen LogP contribution in [0.2, 0.25) is 0 Å². The van der Waals surface area contributed by atoms with Crippen molar-refractivity contribution in [2.75, 3.05) is 0 Å². The van der Waals surface area contributed by atoms with Crippen LogP contribution in [0.1, 0.15) is 0 Å². The Morgan fingerprint density at radius 1 is 0.311 bits per heavy atom. The summed E-state index contributed by atoms with van der Waals surface area (Å²) in [5, 5.41) is 12.4. The molecule has 0 saturated heterocycles. The zero-order valence-corrected chi connectivity index (χ0v) is 24.4. The van der Waals surface area contributed by atoms with Crippen LogP contribution < -0.4 is 0 Å². The van der Waals surface area contributed by atoms with Crippen LogP contribution in [0.3, 0.4) is 0 Å². The second-order valence-electron chi connectivity index (χ2n) is 12.0. The fraction of sp³-hybridized carbons (Fsp3) is 0. The monoisotopic (exact) mass is 570 g/mol. The van der Waals surface area contributed by atoms with Crippen LogP contribution in [0.25, 0.3) is 98.4 Å². The van der Waals surface area contributed by atoms with Crippen molar-refractivity contribution < 1.29 is 4.42 Å². The molecule has 208 valence electrons. The van der Waals surface area contributed by atoms with Gasteiger partial charge >= 0.3 is 0 Å². The summed E-state index contributed by atoms with van der Waals surface area (Å²) >= 11 is 0. The van der Waals surface area contributed by atoms with Gasteiger partial charge in [0.2, 0.25) is 0 Å². The molecule has 0 radical (unpaired) electrons. The van der Waals surface area contributed by atoms with Crippen molar-refractivity contribution in [2.24, 2.45) is 0 Å². The lowest BCUT2D eigenvalue weighted by molar-refractivity contribution is 0.669. The fourth-order valence-corrected chi connectivity index (χ4v) is 7.69. The Morgan fingerprint density at radius 2 is 0.911 bits per heavy atom. The topological polar surface area (TPSA) is 13.1 Å². The third-order valence-electron chi connectivity index (χ3n) is 9.61. The van der Waals surface area contributed by atoms with E-state index in [2.05, 4.69) is 158 Å². The van der Waals surface area contributed by atoms with Crippen molar-refractivity contribution in [3.8, 4) is 33.4 Å². The molecule has 0 aliphatic heterocycles. The molecule has 0 aliphatic carbocycles. The van der Waals surface area contributed by atoms with Gasteiger partial charge < -0.3 is 4.42 Å². The lowest BCUT2D eigenvalue weighted by Gasteiger charge is -2.19. The van der Waals surface area contributed by atoms with Crippen LogP contribution in [0.15, 0.2) is 162 Å². The first kappa shape index (κ1) is 24.5. The van der Waals surface area contributed by atoms with Crippen molar-refractivity contribution in [2.45, 2.75) is 0 Å². The smallest absolute Gasteiger partial charge is 0.136 e. The summed E-state index contributed by atoms with van der Waals surface area (Å²) in [4.78, 5) is 0. The predicted molar refractivity (Wildman–Crippen MR) is 191 cm³/mol. The Kier molecular flexibility index (Phi) is 5.06. The van der Waals surface area contributed by atoms with Gasteiger partial charge in [0.15, 0.2) is 0 Å². The molecule has 0 atom stereocenters. The number of hydrogen-bond acceptors (Lipinski definition) is 1. The molecule has 1 heterocycles. The average molecular weight is 571 g/mol. The molecule has 0 amide bonds. The highest BCUT2D eigenvalue weighted by Crippen LogP contribution is 2.49. The van der Waals surface area contributed by atoms with E-state index in [9.17, 15) is 0 Å². The van der Waals surface area contributed by atoms with Crippen LogP contribution >= 0.6 is 0 Å². The minimum absolute atomic E-state index is 0.931. The minimum atomic E-state index is 0.931. The first-order valence-electron chi connectivity index (χ1n) is 15.5. The van der Waals surface area contributed by atoms with Crippen molar-refractivity contribution in [3.63, 3.8) is 0 Å². The van der Waals surface area contributed by atoms with Gasteiger partial charge in [0, 0.05) is 10.8 Å². The Balaban J connectivity index is 1.30. The van der Waals surface area contributed by atoms with Crippen LogP contribution in [0, 0.1) is 0 Å². The first-order valence-corrected chi connectivity index (χ1v) is 15.5. The predicted octanol–water partition coefficient (Wildman–Crippen LogP) is 12.6. The molecule has 0 aliphatic rings. The maximum atomic E-state index is 6.56. The number of hydrogen-bond donors (Lipinski definition) is 0. The van der Waals surface area contributed by atoms with Gasteiger partial charge in [-0.3, -0.25) is 0 Å². The van der Waals surface area contributed by atoms with Gasteiger partial charge in [-0.25, -0.2) is 0 Å². The van der Waals surface area contributed by atoms with Gasteiger partial charge in [-0.1, -0.05) is 133 Å². The molecule has 9 aromatic carbocycles. The van der Waals surface area contributed by atoms with E-state index in [1.54, 1.807) is 0 Å². The van der Waals surface area contributed by atoms with E-state index in [0.29, 0.717) is 0 Å². The number of furan rings is 1. The molecule has 0 bridgehead atoms. The van der Waals surface area contributed by atoms with Crippen molar-refractivity contribution in [1.29, 1.82) is 0 Å². The van der Waals surface area contributed by atoms with Crippen molar-refractivity contribution >= 4 is 65.0 Å². The van der Waals surface area contributed by atoms with E-state index in [-0.39, 0.29) is 0 Å². The normalized spacial score (nSPS) is 12.0. The van der Waals surface area contributed by atoms with E-state index in [0.717, 1.165) is 11.2 Å². The molecule has 45 heavy (non-hydrogen) atoms. The Hall–Kier alpha value is -5.92. The molecule has 1 nitrogen and oxygen atoms in total. The maximum absolute atomic E-state index is 6.56. The molecule has 1 heteroatoms. The van der Waals surface area contributed by atoms with Gasteiger partial charge in [0.1, 0.15) is 11.2 Å². The zero-order chi connectivity index (χ0) is 29.5. The molecular weight excluding hydrogens is 544 g/mol. The second kappa shape index (κ2) is 9.29. The Morgan fingerprint density at radius 3 is 1.62 bits per heavy atom. The lowest BCUT2D eigenvalue weighted by Crippen LogP contribution is -1.92. The summed E-state index contributed by atoms with van der Waals surface area (Å²) in [6, 6.07) is 57.3. The largest absolute Gasteiger partial charge is 0.456 e. The van der Waals surface area contributed by atoms with Crippen LogP contribution in [-0.4, -0.2) is 0 Å². The second-order valence-corrected chi connectivity index (χ2v) is 12.0. The number of fused-ring (bicyclic) bond motifs is 3. The van der Waals surface area contributed by atoms with E-state index in [1.807, 2.05) is 0 Å². The van der Waals surface area contributed by atoms with Gasteiger partial charge in [-0.2, -0.15) is 0 Å². The molecule has 0 saturated carbocycles. The van der Waals surface area contributed by atoms with Crippen molar-refractivity contribution in [1.82, 2.24) is 0 Å². The summed E-state index contributed by atoms with van der Waals surface area (Å²) in [6.07, 6.45) is 0. The van der Waals surface area contributed by atoms with Gasteiger partial charge in [-0.15, -0.1) is 0 Å². The lowest BCUT2D eigenvalue weighted by atomic mass is 9.83. The quantitative estimate of drug-likeness (QED) is 0.152. The maximum Gasteiger partial charge on any atom is 0.136 e. The summed E-state index contributed by atoms with van der Waals surface area (Å²) < 4.78 is 6.56. The number of benzene rings is 9. The summed E-state index contributed by atoms with van der Waals surface area (Å²) in [6.45, 7) is 0. The molecule has 1 aromatic heterocycles. The SMILES string of the molecule is c1ccc(-c2cc3ccc4c(-c5c6ccccc6c(-c6cccc7ccccc67)c6ccccc56)ccc5oc(c2)c3c54)cc1. The highest BCUT2D eigenvalue weighted by Gasteiger charge is 2.22. The standard InChI is InChI=1S/C44H26O/c1-2-11-27(12-3-1)30-25-29-21-22-38-37(23-24-39-44(38)41(29)40(26-30)45-39)43-35-18-8-6-16-33(35)42(34-17-7-9-19-36(34)43)32-20-10-14-28-13-4-5-15-31(28)32/h1-26H. The molecular formula is C44H26O. The Bertz CT molecular complexity index is 2680. The fourth-order valence-electron chi connectivity index (χ4n) is 7.69. The third kappa shape index (κ3) is 3.50. The minimum Gasteiger partial charge on any atom is -0.456 e. The van der Waals surface area contributed by atoms with E-state index in [1.165, 1.54) is 87.2 Å². The van der Waals surface area contributed by atoms with Crippen LogP contribution in [-0.2, 0) is 0 Å². The van der Waals surface area contributed by atoms with Gasteiger partial charge in [-0.05, 0) is 101 Å². The van der Waals surface area contributed by atoms with Crippen LogP contribution in [0.5, 0.6) is 0 Å². The van der Waals surface area contributed by atoms with Crippen LogP contribution in [0.4, 0.5) is 0 Å². The highest BCUT2D eigenvalue weighted by molar-refractivity contribution is 6.29. The highest BCUT2D eigenvalue weighted by atomic mass is 16.3. The van der Waals surface area contributed by atoms with E-state index in [4.69, 9.17) is 4.42 Å². The zero-order valence-electron chi connectivity index (χ0n) is 24.4. The van der Waals surface area contributed by atoms with E-state index < -0.39 is 0 Å². The summed E-state index contributed by atoms with van der Waals surface area (Å²) in [7, 11) is 0. The third-order valence-corrected chi connectivity index (χ3v) is 9.61. The summed E-state index contributed by atoms with van der Waals surface area (Å²) in [5.41, 5.74) is 9.29. The van der Waals surface area contributed by atoms with E-state index >= 15 is 0 Å². The Labute approximate surface area is 259 Å². The van der Waals surface area contributed by atoms with Crippen molar-refractivity contribution in [3.05, 3.63) is 158 Å². The first-order chi connectivity index (χ1) is 22.3. The average Bonchev–Trinajstić information content (AvgIpc) is 3.49. The molecule has 0 unspecified atom stereocenters. The molecule has 0 N–H and O–H groups in total. The molecule has 10 aromatic rings. The van der Waals surface area contributed by atoms with Gasteiger partial charge in [0.25, 0.3) is 0 Å². The number of rotatable bonds is 3.